The molecule has 2 amide bonds. The number of ether oxygens (including phenoxy) is 1. The predicted octanol–water partition coefficient (Wildman–Crippen LogP) is 2.30. The molecule has 1 aliphatic heterocycles. The molecule has 0 aliphatic carbocycles. The standard InChI is InChI=1S/C19H21N3O3/c1-25-19-15(6-4-10-20-19)12-21-17(23)9-8-14-11-13-5-2-3-7-16(13)22-18(14)24/h2-7,10,14H,8-9,11-12H2,1H3,(H,21,23)(H,22,24)/t14-/m0/s1. The van der Waals surface area contributed by atoms with Crippen molar-refractivity contribution in [1.82, 2.24) is 10.3 Å². The van der Waals surface area contributed by atoms with Crippen LogP contribution in [0.15, 0.2) is 42.6 Å². The van der Waals surface area contributed by atoms with Crippen LogP contribution >= 0.6 is 0 Å². The first-order valence-electron chi connectivity index (χ1n) is 8.30. The first-order chi connectivity index (χ1) is 12.2. The van der Waals surface area contributed by atoms with Crippen molar-refractivity contribution in [3.05, 3.63) is 53.7 Å². The number of para-hydroxylation sites is 1. The van der Waals surface area contributed by atoms with Gasteiger partial charge in [0.25, 0.3) is 0 Å². The Balaban J connectivity index is 1.50. The van der Waals surface area contributed by atoms with Gasteiger partial charge in [0.15, 0.2) is 0 Å². The summed E-state index contributed by atoms with van der Waals surface area (Å²) in [5.74, 6) is 0.234. The molecule has 3 rings (SSSR count). The quantitative estimate of drug-likeness (QED) is 0.846. The first kappa shape index (κ1) is 17.0. The Morgan fingerprint density at radius 3 is 3.00 bits per heavy atom. The number of carbonyl (C=O) groups is 2. The van der Waals surface area contributed by atoms with Crippen LogP contribution in [-0.2, 0) is 22.6 Å². The van der Waals surface area contributed by atoms with E-state index in [-0.39, 0.29) is 17.7 Å². The summed E-state index contributed by atoms with van der Waals surface area (Å²) >= 11 is 0. The fraction of sp³-hybridized carbons (Fsp3) is 0.316. The summed E-state index contributed by atoms with van der Waals surface area (Å²) in [6.45, 7) is 0.357. The summed E-state index contributed by atoms with van der Waals surface area (Å²) in [7, 11) is 1.55. The molecular formula is C19H21N3O3. The fourth-order valence-corrected chi connectivity index (χ4v) is 2.98. The zero-order valence-corrected chi connectivity index (χ0v) is 14.1. The Hall–Kier alpha value is -2.89. The number of rotatable bonds is 6. The molecule has 0 saturated heterocycles. The summed E-state index contributed by atoms with van der Waals surface area (Å²) in [6.07, 6.45) is 3.15. The van der Waals surface area contributed by atoms with Crippen LogP contribution < -0.4 is 15.4 Å². The summed E-state index contributed by atoms with van der Waals surface area (Å²) < 4.78 is 5.16. The number of amides is 2. The van der Waals surface area contributed by atoms with Crippen LogP contribution in [0.3, 0.4) is 0 Å². The van der Waals surface area contributed by atoms with Crippen molar-refractivity contribution < 1.29 is 14.3 Å². The smallest absolute Gasteiger partial charge is 0.227 e. The molecule has 2 N–H and O–H groups in total. The summed E-state index contributed by atoms with van der Waals surface area (Å²) in [6, 6.07) is 11.4. The van der Waals surface area contributed by atoms with Crippen LogP contribution in [0.25, 0.3) is 0 Å². The van der Waals surface area contributed by atoms with Gasteiger partial charge in [-0.15, -0.1) is 0 Å². The lowest BCUT2D eigenvalue weighted by molar-refractivity contribution is -0.122. The van der Waals surface area contributed by atoms with E-state index < -0.39 is 0 Å². The Bertz CT molecular complexity index is 776. The Kier molecular flexibility index (Phi) is 5.28. The molecule has 0 unspecified atom stereocenters. The van der Waals surface area contributed by atoms with E-state index in [1.54, 1.807) is 19.4 Å². The molecule has 0 fully saturated rings. The van der Waals surface area contributed by atoms with Crippen molar-refractivity contribution in [2.75, 3.05) is 12.4 Å². The second-order valence-electron chi connectivity index (χ2n) is 6.03. The Morgan fingerprint density at radius 2 is 2.16 bits per heavy atom. The summed E-state index contributed by atoms with van der Waals surface area (Å²) in [5.41, 5.74) is 2.81. The van der Waals surface area contributed by atoms with E-state index in [4.69, 9.17) is 4.74 Å². The number of benzene rings is 1. The highest BCUT2D eigenvalue weighted by molar-refractivity contribution is 5.96. The molecule has 2 aromatic rings. The lowest BCUT2D eigenvalue weighted by atomic mass is 9.89. The van der Waals surface area contributed by atoms with Gasteiger partial charge < -0.3 is 15.4 Å². The van der Waals surface area contributed by atoms with E-state index >= 15 is 0 Å². The second-order valence-corrected chi connectivity index (χ2v) is 6.03. The lowest BCUT2D eigenvalue weighted by Gasteiger charge is -2.24. The third kappa shape index (κ3) is 4.15. The number of hydrogen-bond donors (Lipinski definition) is 2. The van der Waals surface area contributed by atoms with Crippen molar-refractivity contribution in [2.24, 2.45) is 5.92 Å². The molecule has 6 nitrogen and oxygen atoms in total. The molecule has 1 atom stereocenters. The van der Waals surface area contributed by atoms with Gasteiger partial charge in [-0.2, -0.15) is 0 Å². The molecule has 1 aromatic heterocycles. The van der Waals surface area contributed by atoms with E-state index in [2.05, 4.69) is 15.6 Å². The molecule has 130 valence electrons. The van der Waals surface area contributed by atoms with E-state index in [9.17, 15) is 9.59 Å². The van der Waals surface area contributed by atoms with Crippen molar-refractivity contribution in [3.8, 4) is 5.88 Å². The molecular weight excluding hydrogens is 318 g/mol. The van der Waals surface area contributed by atoms with Crippen LogP contribution in [0, 0.1) is 5.92 Å². The van der Waals surface area contributed by atoms with Gasteiger partial charge in [0, 0.05) is 36.3 Å². The van der Waals surface area contributed by atoms with Gasteiger partial charge in [-0.3, -0.25) is 9.59 Å². The van der Waals surface area contributed by atoms with Crippen molar-refractivity contribution in [1.29, 1.82) is 0 Å². The van der Waals surface area contributed by atoms with Crippen LogP contribution in [0.4, 0.5) is 5.69 Å². The normalized spacial score (nSPS) is 15.9. The molecule has 25 heavy (non-hydrogen) atoms. The maximum absolute atomic E-state index is 12.2. The largest absolute Gasteiger partial charge is 0.481 e. The highest BCUT2D eigenvalue weighted by Gasteiger charge is 2.26. The molecule has 6 heteroatoms. The fourth-order valence-electron chi connectivity index (χ4n) is 2.98. The highest BCUT2D eigenvalue weighted by atomic mass is 16.5. The number of anilines is 1. The van der Waals surface area contributed by atoms with Crippen molar-refractivity contribution >= 4 is 17.5 Å². The summed E-state index contributed by atoms with van der Waals surface area (Å²) in [5, 5.41) is 5.77. The third-order valence-corrected chi connectivity index (χ3v) is 4.35. The topological polar surface area (TPSA) is 80.3 Å². The molecule has 0 radical (unpaired) electrons. The molecule has 0 bridgehead atoms. The second kappa shape index (κ2) is 7.79. The van der Waals surface area contributed by atoms with Gasteiger partial charge in [-0.05, 0) is 30.5 Å². The number of fused-ring (bicyclic) bond motifs is 1. The number of aromatic nitrogens is 1. The number of nitrogens with zero attached hydrogens (tertiary/aromatic N) is 1. The number of hydrogen-bond acceptors (Lipinski definition) is 4. The monoisotopic (exact) mass is 339 g/mol. The van der Waals surface area contributed by atoms with Gasteiger partial charge in [-0.25, -0.2) is 4.98 Å². The average Bonchev–Trinajstić information content (AvgIpc) is 2.64. The zero-order valence-electron chi connectivity index (χ0n) is 14.1. The average molecular weight is 339 g/mol. The Morgan fingerprint density at radius 1 is 1.32 bits per heavy atom. The van der Waals surface area contributed by atoms with Crippen molar-refractivity contribution in [2.45, 2.75) is 25.8 Å². The van der Waals surface area contributed by atoms with E-state index in [0.717, 1.165) is 16.8 Å². The zero-order chi connectivity index (χ0) is 17.6. The maximum atomic E-state index is 12.2. The van der Waals surface area contributed by atoms with Gasteiger partial charge in [0.2, 0.25) is 17.7 Å². The van der Waals surface area contributed by atoms with Gasteiger partial charge in [0.05, 0.1) is 7.11 Å². The van der Waals surface area contributed by atoms with E-state index in [1.807, 2.05) is 30.3 Å². The van der Waals surface area contributed by atoms with E-state index in [1.165, 1.54) is 0 Å². The van der Waals surface area contributed by atoms with Gasteiger partial charge in [-0.1, -0.05) is 24.3 Å². The van der Waals surface area contributed by atoms with Crippen molar-refractivity contribution in [3.63, 3.8) is 0 Å². The molecule has 0 saturated carbocycles. The molecule has 0 spiro atoms. The van der Waals surface area contributed by atoms with Crippen LogP contribution in [0.1, 0.15) is 24.0 Å². The molecule has 2 heterocycles. The highest BCUT2D eigenvalue weighted by Crippen LogP contribution is 2.27. The van der Waals surface area contributed by atoms with Gasteiger partial charge in [0.1, 0.15) is 0 Å². The third-order valence-electron chi connectivity index (χ3n) is 4.35. The first-order valence-corrected chi connectivity index (χ1v) is 8.30. The minimum atomic E-state index is -0.173. The minimum absolute atomic E-state index is 0.0135. The number of methoxy groups -OCH3 is 1. The lowest BCUT2D eigenvalue weighted by Crippen LogP contribution is -2.31. The van der Waals surface area contributed by atoms with Gasteiger partial charge >= 0.3 is 0 Å². The van der Waals surface area contributed by atoms with Crippen LogP contribution in [0.2, 0.25) is 0 Å². The molecule has 1 aromatic carbocycles. The SMILES string of the molecule is COc1ncccc1CNC(=O)CC[C@H]1Cc2ccccc2NC1=O. The number of pyridine rings is 1. The number of nitrogens with one attached hydrogen (secondary N) is 2. The number of carbonyl (C=O) groups excluding carboxylic acids is 2. The van der Waals surface area contributed by atoms with Crippen LogP contribution in [-0.4, -0.2) is 23.9 Å². The molecule has 1 aliphatic rings. The predicted molar refractivity (Wildman–Crippen MR) is 94.1 cm³/mol. The summed E-state index contributed by atoms with van der Waals surface area (Å²) in [4.78, 5) is 28.4. The van der Waals surface area contributed by atoms with Crippen LogP contribution in [0.5, 0.6) is 5.88 Å². The minimum Gasteiger partial charge on any atom is -0.481 e. The Labute approximate surface area is 146 Å². The maximum Gasteiger partial charge on any atom is 0.227 e. The van der Waals surface area contributed by atoms with E-state index in [0.29, 0.717) is 31.7 Å².